The van der Waals surface area contributed by atoms with E-state index in [0.29, 0.717) is 12.1 Å². The highest BCUT2D eigenvalue weighted by Crippen LogP contribution is 2.21. The molecule has 0 heterocycles. The Morgan fingerprint density at radius 3 is 2.00 bits per heavy atom. The molecule has 0 amide bonds. The summed E-state index contributed by atoms with van der Waals surface area (Å²) in [5.74, 6) is 0.944. The van der Waals surface area contributed by atoms with E-state index in [4.69, 9.17) is 0 Å². The second-order valence-electron chi connectivity index (χ2n) is 6.49. The highest BCUT2D eigenvalue weighted by Gasteiger charge is 2.14. The summed E-state index contributed by atoms with van der Waals surface area (Å²) < 4.78 is 0. The molecule has 0 aromatic heterocycles. The maximum Gasteiger partial charge on any atom is 0.0112 e. The summed E-state index contributed by atoms with van der Waals surface area (Å²) in [7, 11) is 0. The highest BCUT2D eigenvalue weighted by atomic mass is 15.2. The van der Waals surface area contributed by atoms with Crippen molar-refractivity contribution in [2.24, 2.45) is 5.92 Å². The van der Waals surface area contributed by atoms with Crippen LogP contribution in [0, 0.1) is 5.92 Å². The summed E-state index contributed by atoms with van der Waals surface area (Å²) >= 11 is 0. The second-order valence-corrected chi connectivity index (χ2v) is 6.49. The second kappa shape index (κ2) is 8.92. The number of nitrogens with one attached hydrogen (secondary N) is 1. The lowest BCUT2D eigenvalue weighted by Gasteiger charge is -2.30. The van der Waals surface area contributed by atoms with E-state index in [-0.39, 0.29) is 0 Å². The molecule has 2 nitrogen and oxygen atoms in total. The SMILES string of the molecule is CC(C)N(CCNCC1CCCCCC1)C(C)C. The molecular weight excluding hydrogens is 220 g/mol. The van der Waals surface area contributed by atoms with Gasteiger partial charge < -0.3 is 5.32 Å². The van der Waals surface area contributed by atoms with Crippen LogP contribution in [0.1, 0.15) is 66.2 Å². The first kappa shape index (κ1) is 16.0. The minimum Gasteiger partial charge on any atom is -0.315 e. The third-order valence-corrected chi connectivity index (χ3v) is 4.28. The molecule has 18 heavy (non-hydrogen) atoms. The van der Waals surface area contributed by atoms with Crippen molar-refractivity contribution in [3.8, 4) is 0 Å². The van der Waals surface area contributed by atoms with Crippen LogP contribution in [0.3, 0.4) is 0 Å². The van der Waals surface area contributed by atoms with Crippen LogP contribution < -0.4 is 5.32 Å². The molecule has 2 heteroatoms. The van der Waals surface area contributed by atoms with Crippen LogP contribution >= 0.6 is 0 Å². The number of hydrogen-bond acceptors (Lipinski definition) is 2. The third kappa shape index (κ3) is 6.19. The zero-order valence-corrected chi connectivity index (χ0v) is 13.0. The van der Waals surface area contributed by atoms with E-state index in [2.05, 4.69) is 37.9 Å². The number of rotatable bonds is 7. The Balaban J connectivity index is 2.12. The lowest BCUT2D eigenvalue weighted by atomic mass is 10.0. The largest absolute Gasteiger partial charge is 0.315 e. The Morgan fingerprint density at radius 1 is 0.944 bits per heavy atom. The van der Waals surface area contributed by atoms with E-state index in [0.717, 1.165) is 12.5 Å². The van der Waals surface area contributed by atoms with Crippen molar-refractivity contribution in [2.75, 3.05) is 19.6 Å². The van der Waals surface area contributed by atoms with Crippen molar-refractivity contribution in [2.45, 2.75) is 78.3 Å². The summed E-state index contributed by atoms with van der Waals surface area (Å²) in [4.78, 5) is 2.57. The molecule has 0 radical (unpaired) electrons. The standard InChI is InChI=1S/C16H34N2/c1-14(2)18(15(3)4)12-11-17-13-16-9-7-5-6-8-10-16/h14-17H,5-13H2,1-4H3. The van der Waals surface area contributed by atoms with Crippen LogP contribution in [0.5, 0.6) is 0 Å². The number of hydrogen-bond donors (Lipinski definition) is 1. The average Bonchev–Trinajstić information content (AvgIpc) is 2.56. The zero-order valence-electron chi connectivity index (χ0n) is 13.0. The molecule has 108 valence electrons. The molecule has 1 aliphatic carbocycles. The topological polar surface area (TPSA) is 15.3 Å². The van der Waals surface area contributed by atoms with Gasteiger partial charge in [-0.3, -0.25) is 4.90 Å². The summed E-state index contributed by atoms with van der Waals surface area (Å²) in [5.41, 5.74) is 0. The molecular formula is C16H34N2. The predicted molar refractivity (Wildman–Crippen MR) is 81.0 cm³/mol. The fraction of sp³-hybridized carbons (Fsp3) is 1.00. The van der Waals surface area contributed by atoms with Gasteiger partial charge in [0.1, 0.15) is 0 Å². The maximum absolute atomic E-state index is 3.68. The Hall–Kier alpha value is -0.0800. The Bertz CT molecular complexity index is 185. The van der Waals surface area contributed by atoms with E-state index in [1.807, 2.05) is 0 Å². The minimum absolute atomic E-state index is 0.657. The van der Waals surface area contributed by atoms with E-state index < -0.39 is 0 Å². The van der Waals surface area contributed by atoms with E-state index >= 15 is 0 Å². The molecule has 1 N–H and O–H groups in total. The van der Waals surface area contributed by atoms with Gasteiger partial charge in [-0.15, -0.1) is 0 Å². The lowest BCUT2D eigenvalue weighted by Crippen LogP contribution is -2.42. The fourth-order valence-electron chi connectivity index (χ4n) is 3.20. The zero-order chi connectivity index (χ0) is 13.4. The van der Waals surface area contributed by atoms with Gasteiger partial charge in [-0.25, -0.2) is 0 Å². The van der Waals surface area contributed by atoms with Gasteiger partial charge in [0, 0.05) is 25.2 Å². The monoisotopic (exact) mass is 254 g/mol. The first-order chi connectivity index (χ1) is 8.61. The Morgan fingerprint density at radius 2 is 1.50 bits per heavy atom. The van der Waals surface area contributed by atoms with Crippen molar-refractivity contribution < 1.29 is 0 Å². The third-order valence-electron chi connectivity index (χ3n) is 4.28. The summed E-state index contributed by atoms with van der Waals surface area (Å²) in [5, 5.41) is 3.68. The van der Waals surface area contributed by atoms with Gasteiger partial charge in [0.2, 0.25) is 0 Å². The maximum atomic E-state index is 3.68. The van der Waals surface area contributed by atoms with Gasteiger partial charge in [0.25, 0.3) is 0 Å². The van der Waals surface area contributed by atoms with Crippen molar-refractivity contribution in [3.63, 3.8) is 0 Å². The molecule has 0 atom stereocenters. The van der Waals surface area contributed by atoms with E-state index in [1.165, 1.54) is 51.6 Å². The van der Waals surface area contributed by atoms with Gasteiger partial charge in [0.15, 0.2) is 0 Å². The molecule has 0 unspecified atom stereocenters. The molecule has 1 saturated carbocycles. The predicted octanol–water partition coefficient (Wildman–Crippen LogP) is 3.67. The number of nitrogens with zero attached hydrogens (tertiary/aromatic N) is 1. The van der Waals surface area contributed by atoms with Gasteiger partial charge >= 0.3 is 0 Å². The molecule has 0 saturated heterocycles. The molecule has 1 aliphatic rings. The Kier molecular flexibility index (Phi) is 7.92. The van der Waals surface area contributed by atoms with Crippen LogP contribution in [0.15, 0.2) is 0 Å². The van der Waals surface area contributed by atoms with Crippen LogP contribution in [0.4, 0.5) is 0 Å². The molecule has 0 bridgehead atoms. The average molecular weight is 254 g/mol. The molecule has 0 aromatic rings. The van der Waals surface area contributed by atoms with Gasteiger partial charge in [0.05, 0.1) is 0 Å². The van der Waals surface area contributed by atoms with E-state index in [9.17, 15) is 0 Å². The van der Waals surface area contributed by atoms with Crippen LogP contribution in [0.2, 0.25) is 0 Å². The van der Waals surface area contributed by atoms with Crippen LogP contribution in [-0.2, 0) is 0 Å². The van der Waals surface area contributed by atoms with Crippen LogP contribution in [0.25, 0.3) is 0 Å². The van der Waals surface area contributed by atoms with Gasteiger partial charge in [-0.05, 0) is 53.0 Å². The van der Waals surface area contributed by atoms with Gasteiger partial charge in [-0.1, -0.05) is 25.7 Å². The molecule has 0 spiro atoms. The fourth-order valence-corrected chi connectivity index (χ4v) is 3.20. The smallest absolute Gasteiger partial charge is 0.0112 e. The van der Waals surface area contributed by atoms with Crippen molar-refractivity contribution >= 4 is 0 Å². The van der Waals surface area contributed by atoms with E-state index in [1.54, 1.807) is 0 Å². The molecule has 1 fully saturated rings. The summed E-state index contributed by atoms with van der Waals surface area (Å²) in [6, 6.07) is 1.31. The van der Waals surface area contributed by atoms with Crippen molar-refractivity contribution in [1.29, 1.82) is 0 Å². The molecule has 0 aliphatic heterocycles. The van der Waals surface area contributed by atoms with Crippen LogP contribution in [-0.4, -0.2) is 36.6 Å². The normalized spacial score (nSPS) is 18.8. The quantitative estimate of drug-likeness (QED) is 0.551. The molecule has 0 aromatic carbocycles. The van der Waals surface area contributed by atoms with Gasteiger partial charge in [-0.2, -0.15) is 0 Å². The summed E-state index contributed by atoms with van der Waals surface area (Å²) in [6.45, 7) is 12.8. The minimum atomic E-state index is 0.657. The lowest BCUT2D eigenvalue weighted by molar-refractivity contribution is 0.175. The first-order valence-corrected chi connectivity index (χ1v) is 8.07. The van der Waals surface area contributed by atoms with Crippen molar-refractivity contribution in [3.05, 3.63) is 0 Å². The van der Waals surface area contributed by atoms with Crippen molar-refractivity contribution in [1.82, 2.24) is 10.2 Å². The summed E-state index contributed by atoms with van der Waals surface area (Å²) in [6.07, 6.45) is 8.74. The highest BCUT2D eigenvalue weighted by molar-refractivity contribution is 4.70. The first-order valence-electron chi connectivity index (χ1n) is 8.07. The Labute approximate surface area is 115 Å². The molecule has 1 rings (SSSR count).